The maximum atomic E-state index is 14.0. The van der Waals surface area contributed by atoms with Gasteiger partial charge in [-0.1, -0.05) is 5.21 Å². The lowest BCUT2D eigenvalue weighted by molar-refractivity contribution is 0.0117. The minimum Gasteiger partial charge on any atom is -0.354 e. The molecule has 2 aromatic rings. The molecule has 0 radical (unpaired) electrons. The van der Waals surface area contributed by atoms with Crippen molar-refractivity contribution in [2.24, 2.45) is 0 Å². The summed E-state index contributed by atoms with van der Waals surface area (Å²) in [5.74, 6) is -3.88. The topological polar surface area (TPSA) is 93.0 Å². The Morgan fingerprint density at radius 3 is 2.88 bits per heavy atom. The van der Waals surface area contributed by atoms with Crippen LogP contribution in [0, 0.1) is 6.92 Å². The highest BCUT2D eigenvalue weighted by Gasteiger charge is 2.47. The van der Waals surface area contributed by atoms with E-state index in [0.29, 0.717) is 11.3 Å². The molecule has 26 heavy (non-hydrogen) atoms. The van der Waals surface area contributed by atoms with E-state index in [9.17, 15) is 18.4 Å². The number of rotatable bonds is 4. The third-order valence-electron chi connectivity index (χ3n) is 4.18. The summed E-state index contributed by atoms with van der Waals surface area (Å²) in [5, 5.41) is 9.91. The van der Waals surface area contributed by atoms with Gasteiger partial charge in [0.15, 0.2) is 5.69 Å². The van der Waals surface area contributed by atoms with Gasteiger partial charge in [-0.15, -0.1) is 5.10 Å². The van der Waals surface area contributed by atoms with Gasteiger partial charge in [0.2, 0.25) is 0 Å². The number of halogens is 2. The maximum absolute atomic E-state index is 14.0. The van der Waals surface area contributed by atoms with Crippen LogP contribution in [-0.4, -0.2) is 62.2 Å². The van der Waals surface area contributed by atoms with Crippen LogP contribution in [0.25, 0.3) is 0 Å². The number of hydrogen-bond donors (Lipinski definition) is 1. The summed E-state index contributed by atoms with van der Waals surface area (Å²) >= 11 is 0. The first-order valence-electron chi connectivity index (χ1n) is 8.03. The van der Waals surface area contributed by atoms with Crippen molar-refractivity contribution < 1.29 is 18.4 Å². The van der Waals surface area contributed by atoms with E-state index in [0.717, 1.165) is 4.90 Å². The number of hydrogen-bond acceptors (Lipinski definition) is 5. The van der Waals surface area contributed by atoms with E-state index >= 15 is 0 Å². The fraction of sp³-hybridized carbons (Fsp3) is 0.438. The molecule has 1 aliphatic heterocycles. The Morgan fingerprint density at radius 1 is 1.42 bits per heavy atom. The minimum absolute atomic E-state index is 0.0232. The first-order valence-corrected chi connectivity index (χ1v) is 8.03. The highest BCUT2D eigenvalue weighted by Crippen LogP contribution is 2.33. The first kappa shape index (κ1) is 17.9. The lowest BCUT2D eigenvalue weighted by atomic mass is 10.1. The summed E-state index contributed by atoms with van der Waals surface area (Å²) in [6.07, 6.45) is 2.37. The highest BCUT2D eigenvalue weighted by molar-refractivity contribution is 5.94. The quantitative estimate of drug-likeness (QED) is 0.870. The standard InChI is InChI=1S/C16H18F2N6O2/c1-10-5-11(3-4-20-10)15(26)24-9-16(17,18)6-12(24)7-23-8-13(21-22-23)14(25)19-2/h3-5,8,12H,6-7,9H2,1-2H3,(H,19,25). The molecule has 0 spiro atoms. The highest BCUT2D eigenvalue weighted by atomic mass is 19.3. The molecule has 8 nitrogen and oxygen atoms in total. The van der Waals surface area contributed by atoms with Gasteiger partial charge in [0.25, 0.3) is 17.7 Å². The largest absolute Gasteiger partial charge is 0.354 e. The molecule has 1 atom stereocenters. The summed E-state index contributed by atoms with van der Waals surface area (Å²) in [4.78, 5) is 29.4. The molecule has 1 fully saturated rings. The van der Waals surface area contributed by atoms with Crippen LogP contribution >= 0.6 is 0 Å². The zero-order valence-corrected chi connectivity index (χ0v) is 14.3. The summed E-state index contributed by atoms with van der Waals surface area (Å²) in [6.45, 7) is 1.09. The Hall–Kier alpha value is -2.91. The SMILES string of the molecule is CNC(=O)c1cn(CC2CC(F)(F)CN2C(=O)c2ccnc(C)c2)nn1. The number of alkyl halides is 2. The van der Waals surface area contributed by atoms with E-state index in [1.54, 1.807) is 13.0 Å². The van der Waals surface area contributed by atoms with E-state index in [4.69, 9.17) is 0 Å². The van der Waals surface area contributed by atoms with Crippen molar-refractivity contribution in [3.8, 4) is 0 Å². The monoisotopic (exact) mass is 364 g/mol. The van der Waals surface area contributed by atoms with Crippen molar-refractivity contribution in [2.75, 3.05) is 13.6 Å². The van der Waals surface area contributed by atoms with Crippen LogP contribution in [0.2, 0.25) is 0 Å². The summed E-state index contributed by atoms with van der Waals surface area (Å²) in [6, 6.07) is 2.31. The number of nitrogens with zero attached hydrogens (tertiary/aromatic N) is 5. The predicted molar refractivity (Wildman–Crippen MR) is 86.8 cm³/mol. The second-order valence-electron chi connectivity index (χ2n) is 6.24. The molecule has 2 aromatic heterocycles. The van der Waals surface area contributed by atoms with Crippen LogP contribution in [0.15, 0.2) is 24.5 Å². The van der Waals surface area contributed by atoms with Gasteiger partial charge in [0.05, 0.1) is 25.3 Å². The molecule has 10 heteroatoms. The Labute approximate surface area is 148 Å². The second-order valence-corrected chi connectivity index (χ2v) is 6.24. The van der Waals surface area contributed by atoms with E-state index in [1.807, 2.05) is 0 Å². The Bertz CT molecular complexity index is 838. The smallest absolute Gasteiger partial charge is 0.273 e. The van der Waals surface area contributed by atoms with Crippen molar-refractivity contribution in [1.29, 1.82) is 0 Å². The molecule has 1 unspecified atom stereocenters. The van der Waals surface area contributed by atoms with Crippen molar-refractivity contribution in [3.05, 3.63) is 41.5 Å². The van der Waals surface area contributed by atoms with Crippen molar-refractivity contribution in [3.63, 3.8) is 0 Å². The van der Waals surface area contributed by atoms with Gasteiger partial charge in [-0.2, -0.15) is 0 Å². The van der Waals surface area contributed by atoms with E-state index in [2.05, 4.69) is 20.6 Å². The third-order valence-corrected chi connectivity index (χ3v) is 4.18. The molecule has 3 rings (SSSR count). The lowest BCUT2D eigenvalue weighted by Gasteiger charge is -2.23. The van der Waals surface area contributed by atoms with Crippen molar-refractivity contribution in [2.45, 2.75) is 31.9 Å². The molecule has 138 valence electrons. The number of likely N-dealkylation sites (tertiary alicyclic amines) is 1. The van der Waals surface area contributed by atoms with Gasteiger partial charge in [-0.05, 0) is 19.1 Å². The molecule has 3 heterocycles. The van der Waals surface area contributed by atoms with Gasteiger partial charge in [-0.3, -0.25) is 14.6 Å². The minimum atomic E-state index is -2.98. The molecule has 1 N–H and O–H groups in total. The average Bonchev–Trinajstić information content (AvgIpc) is 3.17. The van der Waals surface area contributed by atoms with Crippen LogP contribution in [0.4, 0.5) is 8.78 Å². The van der Waals surface area contributed by atoms with Crippen molar-refractivity contribution in [1.82, 2.24) is 30.2 Å². The van der Waals surface area contributed by atoms with Gasteiger partial charge in [0, 0.05) is 30.9 Å². The number of aromatic nitrogens is 4. The van der Waals surface area contributed by atoms with Crippen molar-refractivity contribution >= 4 is 11.8 Å². The second kappa shape index (κ2) is 6.77. The zero-order chi connectivity index (χ0) is 18.9. The van der Waals surface area contributed by atoms with Gasteiger partial charge in [-0.25, -0.2) is 13.5 Å². The Balaban J connectivity index is 1.81. The third kappa shape index (κ3) is 3.68. The lowest BCUT2D eigenvalue weighted by Crippen LogP contribution is -2.38. The number of nitrogens with one attached hydrogen (secondary N) is 1. The number of pyridine rings is 1. The molecule has 0 aromatic carbocycles. The normalized spacial score (nSPS) is 18.8. The van der Waals surface area contributed by atoms with Gasteiger partial charge < -0.3 is 10.2 Å². The fourth-order valence-electron chi connectivity index (χ4n) is 2.98. The van der Waals surface area contributed by atoms with Crippen LogP contribution in [0.1, 0.15) is 33.0 Å². The van der Waals surface area contributed by atoms with Gasteiger partial charge >= 0.3 is 0 Å². The molecule has 1 saturated heterocycles. The fourth-order valence-corrected chi connectivity index (χ4v) is 2.98. The van der Waals surface area contributed by atoms with Crippen LogP contribution < -0.4 is 5.32 Å². The van der Waals surface area contributed by atoms with Crippen LogP contribution in [-0.2, 0) is 6.54 Å². The number of carbonyl (C=O) groups is 2. The van der Waals surface area contributed by atoms with E-state index in [1.165, 1.54) is 30.2 Å². The maximum Gasteiger partial charge on any atom is 0.273 e. The van der Waals surface area contributed by atoms with E-state index < -0.39 is 36.7 Å². The average molecular weight is 364 g/mol. The molecular weight excluding hydrogens is 346 g/mol. The molecule has 1 aliphatic rings. The Morgan fingerprint density at radius 2 is 2.19 bits per heavy atom. The molecule has 0 aliphatic carbocycles. The zero-order valence-electron chi connectivity index (χ0n) is 14.3. The summed E-state index contributed by atoms with van der Waals surface area (Å²) < 4.78 is 29.3. The van der Waals surface area contributed by atoms with Crippen LogP contribution in [0.5, 0.6) is 0 Å². The van der Waals surface area contributed by atoms with E-state index in [-0.39, 0.29) is 12.2 Å². The number of aryl methyl sites for hydroxylation is 1. The molecule has 0 bridgehead atoms. The van der Waals surface area contributed by atoms with Crippen LogP contribution in [0.3, 0.4) is 0 Å². The number of amides is 2. The van der Waals surface area contributed by atoms with Gasteiger partial charge in [0.1, 0.15) is 0 Å². The summed E-state index contributed by atoms with van der Waals surface area (Å²) in [7, 11) is 1.45. The summed E-state index contributed by atoms with van der Waals surface area (Å²) in [5.41, 5.74) is 1.02. The number of carbonyl (C=O) groups excluding carboxylic acids is 2. The molecule has 0 saturated carbocycles. The Kier molecular flexibility index (Phi) is 4.66. The molecular formula is C16H18F2N6O2. The molecule has 2 amide bonds. The predicted octanol–water partition coefficient (Wildman–Crippen LogP) is 0.891. The first-order chi connectivity index (χ1) is 12.3.